The van der Waals surface area contributed by atoms with Crippen molar-refractivity contribution < 1.29 is 13.2 Å². The second kappa shape index (κ2) is 3.20. The number of rotatable bonds is 3. The van der Waals surface area contributed by atoms with Gasteiger partial charge in [-0.2, -0.15) is 5.26 Å². The monoisotopic (exact) mass is 147 g/mol. The van der Waals surface area contributed by atoms with E-state index in [1.54, 1.807) is 0 Å². The summed E-state index contributed by atoms with van der Waals surface area (Å²) in [6.45, 7) is 0. The summed E-state index contributed by atoms with van der Waals surface area (Å²) in [5, 5.41) is 7.88. The fraction of sp³-hybridized carbons (Fsp3) is 0.500. The van der Waals surface area contributed by atoms with E-state index in [2.05, 4.69) is 0 Å². The average molecular weight is 147 g/mol. The van der Waals surface area contributed by atoms with Crippen LogP contribution in [0.2, 0.25) is 0 Å². The van der Waals surface area contributed by atoms with Gasteiger partial charge in [0.15, 0.2) is 9.84 Å². The van der Waals surface area contributed by atoms with Gasteiger partial charge in [-0.3, -0.25) is 0 Å². The van der Waals surface area contributed by atoms with E-state index in [1.165, 1.54) is 6.07 Å². The number of nitriles is 1. The molecule has 0 aromatic carbocycles. The zero-order valence-corrected chi connectivity index (χ0v) is 5.39. The first kappa shape index (κ1) is 8.11. The minimum Gasteiger partial charge on any atom is -0.302 e. The van der Waals surface area contributed by atoms with Gasteiger partial charge in [0.1, 0.15) is 17.8 Å². The van der Waals surface area contributed by atoms with Crippen LogP contribution in [0.1, 0.15) is 0 Å². The molecule has 50 valence electrons. The van der Waals surface area contributed by atoms with Gasteiger partial charge in [-0.15, -0.1) is 0 Å². The van der Waals surface area contributed by atoms with E-state index in [9.17, 15) is 13.2 Å². The fourth-order valence-electron chi connectivity index (χ4n) is 0.261. The van der Waals surface area contributed by atoms with E-state index >= 15 is 0 Å². The van der Waals surface area contributed by atoms with E-state index in [4.69, 9.17) is 5.26 Å². The van der Waals surface area contributed by atoms with Crippen LogP contribution in [0.3, 0.4) is 0 Å². The molecule has 0 aromatic heterocycles. The molecule has 0 aliphatic heterocycles. The molecule has 0 aliphatic rings. The zero-order chi connectivity index (χ0) is 7.33. The first-order chi connectivity index (χ1) is 4.12. The highest BCUT2D eigenvalue weighted by Crippen LogP contribution is 1.83. The second-order valence-corrected chi connectivity index (χ2v) is 3.49. The normalized spacial score (nSPS) is 10.1. The van der Waals surface area contributed by atoms with Gasteiger partial charge in [0.25, 0.3) is 0 Å². The van der Waals surface area contributed by atoms with Crippen molar-refractivity contribution in [2.24, 2.45) is 0 Å². The highest BCUT2D eigenvalue weighted by Gasteiger charge is 2.06. The molecular weight excluding hydrogens is 142 g/mol. The van der Waals surface area contributed by atoms with Gasteiger partial charge >= 0.3 is 0 Å². The maximum Gasteiger partial charge on any atom is 0.170 e. The lowest BCUT2D eigenvalue weighted by molar-refractivity contribution is -0.105. The van der Waals surface area contributed by atoms with Crippen LogP contribution in [0.25, 0.3) is 0 Å². The Morgan fingerprint density at radius 1 is 1.56 bits per heavy atom. The summed E-state index contributed by atoms with van der Waals surface area (Å²) in [4.78, 5) is 9.61. The van der Waals surface area contributed by atoms with Crippen LogP contribution >= 0.6 is 0 Å². The summed E-state index contributed by atoms with van der Waals surface area (Å²) >= 11 is 0. The Kier molecular flexibility index (Phi) is 2.88. The number of hydrogen-bond acceptors (Lipinski definition) is 4. The van der Waals surface area contributed by atoms with E-state index < -0.39 is 21.3 Å². The number of carbonyl (C=O) groups is 1. The van der Waals surface area contributed by atoms with Crippen LogP contribution in [0, 0.1) is 11.3 Å². The summed E-state index contributed by atoms with van der Waals surface area (Å²) in [6.07, 6.45) is 0.271. The van der Waals surface area contributed by atoms with E-state index in [1.807, 2.05) is 0 Å². The van der Waals surface area contributed by atoms with Crippen molar-refractivity contribution in [3.8, 4) is 6.07 Å². The Morgan fingerprint density at radius 2 is 2.11 bits per heavy atom. The van der Waals surface area contributed by atoms with Gasteiger partial charge in [-0.1, -0.05) is 0 Å². The minimum absolute atomic E-state index is 0.271. The second-order valence-electron chi connectivity index (χ2n) is 1.38. The lowest BCUT2D eigenvalue weighted by Gasteiger charge is -1.86. The van der Waals surface area contributed by atoms with Crippen molar-refractivity contribution in [1.29, 1.82) is 5.26 Å². The molecule has 9 heavy (non-hydrogen) atoms. The summed E-state index contributed by atoms with van der Waals surface area (Å²) < 4.78 is 20.8. The molecule has 0 unspecified atom stereocenters. The molecule has 0 heterocycles. The Labute approximate surface area is 53.0 Å². The Balaban J connectivity index is 4.08. The third kappa shape index (κ3) is 3.67. The lowest BCUT2D eigenvalue weighted by Crippen LogP contribution is -2.09. The van der Waals surface area contributed by atoms with Crippen LogP contribution in [-0.2, 0) is 14.6 Å². The third-order valence-electron chi connectivity index (χ3n) is 0.606. The van der Waals surface area contributed by atoms with E-state index in [-0.39, 0.29) is 6.29 Å². The van der Waals surface area contributed by atoms with Gasteiger partial charge in [-0.25, -0.2) is 8.42 Å². The van der Waals surface area contributed by atoms with Crippen LogP contribution in [0.15, 0.2) is 0 Å². The third-order valence-corrected chi connectivity index (χ3v) is 1.82. The molecule has 0 radical (unpaired) electrons. The quantitative estimate of drug-likeness (QED) is 0.486. The molecule has 0 rings (SSSR count). The summed E-state index contributed by atoms with van der Waals surface area (Å²) in [5.74, 6) is -1.13. The Hall–Kier alpha value is -0.890. The maximum atomic E-state index is 10.4. The lowest BCUT2D eigenvalue weighted by atomic mass is 10.9. The van der Waals surface area contributed by atoms with Gasteiger partial charge in [-0.05, 0) is 0 Å². The van der Waals surface area contributed by atoms with Gasteiger partial charge in [0.05, 0.1) is 6.07 Å². The molecule has 0 fully saturated rings. The van der Waals surface area contributed by atoms with Crippen molar-refractivity contribution >= 4 is 16.1 Å². The molecule has 0 amide bonds. The van der Waals surface area contributed by atoms with Crippen molar-refractivity contribution in [2.75, 3.05) is 11.5 Å². The molecule has 0 N–H and O–H groups in total. The Morgan fingerprint density at radius 3 is 2.44 bits per heavy atom. The first-order valence-corrected chi connectivity index (χ1v) is 3.95. The fourth-order valence-corrected chi connectivity index (χ4v) is 0.783. The van der Waals surface area contributed by atoms with Crippen molar-refractivity contribution in [2.45, 2.75) is 0 Å². The van der Waals surface area contributed by atoms with Crippen LogP contribution in [0.5, 0.6) is 0 Å². The largest absolute Gasteiger partial charge is 0.302 e. The smallest absolute Gasteiger partial charge is 0.170 e. The van der Waals surface area contributed by atoms with Gasteiger partial charge in [0, 0.05) is 0 Å². The molecular formula is C4H5NO3S. The zero-order valence-electron chi connectivity index (χ0n) is 4.57. The van der Waals surface area contributed by atoms with Crippen molar-refractivity contribution in [3.63, 3.8) is 0 Å². The standard InChI is InChI=1S/C4H5NO3S/c5-1-3-9(7,8)4-2-6/h2H,3-4H2. The summed E-state index contributed by atoms with van der Waals surface area (Å²) in [6, 6.07) is 1.45. The molecule has 0 bridgehead atoms. The molecule has 0 saturated heterocycles. The SMILES string of the molecule is N#CCS(=O)(=O)CC=O. The van der Waals surface area contributed by atoms with E-state index in [0.717, 1.165) is 0 Å². The number of sulfone groups is 1. The van der Waals surface area contributed by atoms with Crippen molar-refractivity contribution in [1.82, 2.24) is 0 Å². The molecule has 0 atom stereocenters. The molecule has 0 aromatic rings. The van der Waals surface area contributed by atoms with Crippen LogP contribution in [0.4, 0.5) is 0 Å². The topological polar surface area (TPSA) is 75.0 Å². The van der Waals surface area contributed by atoms with Crippen LogP contribution in [-0.4, -0.2) is 26.2 Å². The summed E-state index contributed by atoms with van der Waals surface area (Å²) in [5.41, 5.74) is 0. The van der Waals surface area contributed by atoms with Crippen LogP contribution < -0.4 is 0 Å². The number of aldehydes is 1. The predicted octanol–water partition coefficient (Wildman–Crippen LogP) is -0.876. The molecule has 0 saturated carbocycles. The van der Waals surface area contributed by atoms with Gasteiger partial charge < -0.3 is 4.79 Å². The van der Waals surface area contributed by atoms with Gasteiger partial charge in [0.2, 0.25) is 0 Å². The maximum absolute atomic E-state index is 10.4. The molecule has 4 nitrogen and oxygen atoms in total. The molecule has 5 heteroatoms. The predicted molar refractivity (Wildman–Crippen MR) is 30.3 cm³/mol. The molecule has 0 spiro atoms. The van der Waals surface area contributed by atoms with Crippen molar-refractivity contribution in [3.05, 3.63) is 0 Å². The highest BCUT2D eigenvalue weighted by molar-refractivity contribution is 7.92. The number of nitrogens with zero attached hydrogens (tertiary/aromatic N) is 1. The molecule has 0 aliphatic carbocycles. The average Bonchev–Trinajstić information content (AvgIpc) is 1.64. The summed E-state index contributed by atoms with van der Waals surface area (Å²) in [7, 11) is -3.41. The Bertz CT molecular complexity index is 223. The number of hydrogen-bond donors (Lipinski definition) is 0. The van der Waals surface area contributed by atoms with E-state index in [0.29, 0.717) is 0 Å². The first-order valence-electron chi connectivity index (χ1n) is 2.13. The number of carbonyl (C=O) groups excluding carboxylic acids is 1. The highest BCUT2D eigenvalue weighted by atomic mass is 32.2. The minimum atomic E-state index is -3.41.